The number of fused-ring (bicyclic) bond motifs is 1. The fourth-order valence-electron chi connectivity index (χ4n) is 1.69. The predicted octanol–water partition coefficient (Wildman–Crippen LogP) is -0.190. The normalized spacial score (nSPS) is 13.8. The summed E-state index contributed by atoms with van der Waals surface area (Å²) in [4.78, 5) is 30.2. The molecule has 0 radical (unpaired) electrons. The number of aliphatic hydroxyl groups excluding tert-OH is 1. The Morgan fingerprint density at radius 1 is 1.40 bits per heavy atom. The third kappa shape index (κ3) is 3.47. The SMILES string of the molecule is Nc1ncnc2c1ncn2C(CP(=O)(O)O)SCCO. The molecule has 9 nitrogen and oxygen atoms in total. The van der Waals surface area contributed by atoms with Gasteiger partial charge in [-0.05, 0) is 0 Å². The summed E-state index contributed by atoms with van der Waals surface area (Å²) in [5.74, 6) is 0.543. The van der Waals surface area contributed by atoms with E-state index in [1.807, 2.05) is 0 Å². The third-order valence-corrected chi connectivity index (χ3v) is 4.76. The molecule has 5 N–H and O–H groups in total. The van der Waals surface area contributed by atoms with Gasteiger partial charge in [-0.1, -0.05) is 0 Å². The van der Waals surface area contributed by atoms with Gasteiger partial charge in [-0.15, -0.1) is 11.8 Å². The molecule has 0 fully saturated rings. The number of aromatic nitrogens is 4. The van der Waals surface area contributed by atoms with Gasteiger partial charge >= 0.3 is 7.60 Å². The van der Waals surface area contributed by atoms with Crippen LogP contribution in [0.1, 0.15) is 5.37 Å². The molecule has 2 aromatic heterocycles. The molecule has 1 atom stereocenters. The van der Waals surface area contributed by atoms with Crippen LogP contribution in [-0.4, -0.2) is 52.9 Å². The molecule has 2 heterocycles. The number of anilines is 1. The second-order valence-corrected chi connectivity index (χ2v) is 6.96. The minimum absolute atomic E-state index is 0.0912. The molecule has 0 saturated carbocycles. The van der Waals surface area contributed by atoms with Crippen LogP contribution in [0, 0.1) is 0 Å². The first-order chi connectivity index (χ1) is 9.42. The quantitative estimate of drug-likeness (QED) is 0.532. The maximum absolute atomic E-state index is 11.2. The zero-order valence-electron chi connectivity index (χ0n) is 10.3. The van der Waals surface area contributed by atoms with Crippen molar-refractivity contribution < 1.29 is 19.5 Å². The van der Waals surface area contributed by atoms with E-state index in [1.54, 1.807) is 0 Å². The van der Waals surface area contributed by atoms with Crippen molar-refractivity contribution in [3.05, 3.63) is 12.7 Å². The van der Waals surface area contributed by atoms with Gasteiger partial charge in [0.05, 0.1) is 24.5 Å². The van der Waals surface area contributed by atoms with Crippen LogP contribution in [0.25, 0.3) is 11.2 Å². The number of nitrogen functional groups attached to an aromatic ring is 1. The van der Waals surface area contributed by atoms with Gasteiger partial charge in [0.1, 0.15) is 11.8 Å². The van der Waals surface area contributed by atoms with Crippen molar-refractivity contribution >= 4 is 36.3 Å². The third-order valence-electron chi connectivity index (χ3n) is 2.49. The van der Waals surface area contributed by atoms with Gasteiger partial charge in [0, 0.05) is 5.75 Å². The molecule has 2 rings (SSSR count). The van der Waals surface area contributed by atoms with E-state index in [0.29, 0.717) is 16.9 Å². The number of aliphatic hydroxyl groups is 1. The van der Waals surface area contributed by atoms with Gasteiger partial charge in [-0.25, -0.2) is 15.0 Å². The molecule has 11 heteroatoms. The molecule has 1 unspecified atom stereocenters. The van der Waals surface area contributed by atoms with Crippen molar-refractivity contribution in [3.63, 3.8) is 0 Å². The first-order valence-corrected chi connectivity index (χ1v) is 8.47. The van der Waals surface area contributed by atoms with E-state index in [1.165, 1.54) is 29.0 Å². The lowest BCUT2D eigenvalue weighted by molar-refractivity contribution is 0.322. The molecule has 0 aliphatic heterocycles. The Labute approximate surface area is 118 Å². The summed E-state index contributed by atoms with van der Waals surface area (Å²) in [7, 11) is -4.22. The number of thioether (sulfide) groups is 1. The van der Waals surface area contributed by atoms with Crippen LogP contribution in [0.5, 0.6) is 0 Å². The smallest absolute Gasteiger partial charge is 0.328 e. The minimum Gasteiger partial charge on any atom is -0.396 e. The fraction of sp³-hybridized carbons (Fsp3) is 0.444. The van der Waals surface area contributed by atoms with E-state index < -0.39 is 13.0 Å². The van der Waals surface area contributed by atoms with Crippen molar-refractivity contribution in [2.24, 2.45) is 0 Å². The molecule has 0 bridgehead atoms. The lowest BCUT2D eigenvalue weighted by Gasteiger charge is -2.18. The number of nitrogens with two attached hydrogens (primary N) is 1. The summed E-state index contributed by atoms with van der Waals surface area (Å²) < 4.78 is 12.8. The molecular formula is C9H14N5O4PS. The first kappa shape index (κ1) is 15.2. The number of nitrogens with zero attached hydrogens (tertiary/aromatic N) is 4. The molecule has 0 spiro atoms. The number of hydrogen-bond donors (Lipinski definition) is 4. The molecule has 0 aliphatic carbocycles. The highest BCUT2D eigenvalue weighted by molar-refractivity contribution is 7.99. The first-order valence-electron chi connectivity index (χ1n) is 5.62. The number of rotatable bonds is 6. The molecule has 0 aliphatic rings. The predicted molar refractivity (Wildman–Crippen MR) is 75.2 cm³/mol. The van der Waals surface area contributed by atoms with Gasteiger partial charge in [0.2, 0.25) is 0 Å². The van der Waals surface area contributed by atoms with Gasteiger partial charge in [-0.2, -0.15) is 0 Å². The number of hydrogen-bond acceptors (Lipinski definition) is 7. The Balaban J connectivity index is 2.40. The maximum Gasteiger partial charge on any atom is 0.328 e. The second kappa shape index (κ2) is 6.06. The van der Waals surface area contributed by atoms with Crippen molar-refractivity contribution in [3.8, 4) is 0 Å². The highest BCUT2D eigenvalue weighted by atomic mass is 32.2. The van der Waals surface area contributed by atoms with E-state index >= 15 is 0 Å². The summed E-state index contributed by atoms with van der Waals surface area (Å²) in [5.41, 5.74) is 6.46. The van der Waals surface area contributed by atoms with Crippen LogP contribution in [0.4, 0.5) is 5.82 Å². The zero-order valence-corrected chi connectivity index (χ0v) is 12.0. The van der Waals surface area contributed by atoms with Crippen LogP contribution in [-0.2, 0) is 4.57 Å². The second-order valence-electron chi connectivity index (χ2n) is 3.98. The van der Waals surface area contributed by atoms with Crippen molar-refractivity contribution in [2.45, 2.75) is 5.37 Å². The molecule has 2 aromatic rings. The van der Waals surface area contributed by atoms with E-state index in [4.69, 9.17) is 20.6 Å². The highest BCUT2D eigenvalue weighted by Gasteiger charge is 2.25. The van der Waals surface area contributed by atoms with Crippen LogP contribution in [0.3, 0.4) is 0 Å². The van der Waals surface area contributed by atoms with Crippen molar-refractivity contribution in [1.82, 2.24) is 19.5 Å². The highest BCUT2D eigenvalue weighted by Crippen LogP contribution is 2.43. The Morgan fingerprint density at radius 3 is 2.80 bits per heavy atom. The summed E-state index contributed by atoms with van der Waals surface area (Å²) in [6.07, 6.45) is 2.30. The van der Waals surface area contributed by atoms with Crippen molar-refractivity contribution in [1.29, 1.82) is 0 Å². The van der Waals surface area contributed by atoms with E-state index in [9.17, 15) is 4.57 Å². The topological polar surface area (TPSA) is 147 Å². The Hall–Kier alpha value is -1.19. The Kier molecular flexibility index (Phi) is 4.61. The lowest BCUT2D eigenvalue weighted by atomic mass is 10.5. The van der Waals surface area contributed by atoms with Crippen molar-refractivity contribution in [2.75, 3.05) is 24.3 Å². The van der Waals surface area contributed by atoms with Gasteiger partial charge in [0.25, 0.3) is 0 Å². The van der Waals surface area contributed by atoms with Crippen LogP contribution in [0.2, 0.25) is 0 Å². The molecular weight excluding hydrogens is 305 g/mol. The van der Waals surface area contributed by atoms with Crippen LogP contribution < -0.4 is 5.73 Å². The summed E-state index contributed by atoms with van der Waals surface area (Å²) >= 11 is 1.21. The Morgan fingerprint density at radius 2 is 2.15 bits per heavy atom. The van der Waals surface area contributed by atoms with Gasteiger partial charge in [0.15, 0.2) is 11.5 Å². The van der Waals surface area contributed by atoms with Crippen LogP contribution in [0.15, 0.2) is 12.7 Å². The monoisotopic (exact) mass is 319 g/mol. The summed E-state index contributed by atoms with van der Waals surface area (Å²) in [6, 6.07) is 0. The molecule has 110 valence electrons. The largest absolute Gasteiger partial charge is 0.396 e. The molecule has 0 aromatic carbocycles. The van der Waals surface area contributed by atoms with E-state index in [2.05, 4.69) is 15.0 Å². The zero-order chi connectivity index (χ0) is 14.8. The number of imidazole rings is 1. The molecule has 0 amide bonds. The standard InChI is InChI=1S/C9H14N5O4PS/c10-8-7-9(12-4-11-8)14(5-13-7)6(20-2-1-15)3-19(16,17)18/h4-6,15H,1-3H2,(H2,10,11,12)(H2,16,17,18). The fourth-order valence-corrected chi connectivity index (χ4v) is 3.97. The average Bonchev–Trinajstić information content (AvgIpc) is 2.78. The van der Waals surface area contributed by atoms with E-state index in [0.717, 1.165) is 0 Å². The molecule has 0 saturated heterocycles. The lowest BCUT2D eigenvalue weighted by Crippen LogP contribution is -2.12. The summed E-state index contributed by atoms with van der Waals surface area (Å²) in [5, 5.41) is 8.29. The minimum atomic E-state index is -4.22. The van der Waals surface area contributed by atoms with Gasteiger partial charge in [-0.3, -0.25) is 4.57 Å². The van der Waals surface area contributed by atoms with Gasteiger partial charge < -0.3 is 25.2 Å². The van der Waals surface area contributed by atoms with Crippen LogP contribution >= 0.6 is 19.4 Å². The summed E-state index contributed by atoms with van der Waals surface area (Å²) in [6.45, 7) is -0.0912. The molecule has 20 heavy (non-hydrogen) atoms. The van der Waals surface area contributed by atoms with E-state index in [-0.39, 0.29) is 18.6 Å². The average molecular weight is 319 g/mol. The Bertz CT molecular complexity index is 644. The maximum atomic E-state index is 11.2.